The largest absolute Gasteiger partial charge is 0.296 e. The quantitative estimate of drug-likeness (QED) is 0.489. The van der Waals surface area contributed by atoms with E-state index >= 15 is 0 Å². The van der Waals surface area contributed by atoms with E-state index < -0.39 is 0 Å². The van der Waals surface area contributed by atoms with E-state index in [1.807, 2.05) is 11.8 Å². The third-order valence-corrected chi connectivity index (χ3v) is 2.81. The molecule has 0 aromatic heterocycles. The molecule has 2 heteroatoms. The van der Waals surface area contributed by atoms with E-state index in [4.69, 9.17) is 0 Å². The highest BCUT2D eigenvalue weighted by Gasteiger charge is 2.26. The van der Waals surface area contributed by atoms with Crippen LogP contribution in [0.2, 0.25) is 0 Å². The Morgan fingerprint density at radius 3 is 2.25 bits per heavy atom. The predicted molar refractivity (Wildman–Crippen MR) is 39.2 cm³/mol. The molecule has 0 aromatic rings. The van der Waals surface area contributed by atoms with Crippen LogP contribution in [0.5, 0.6) is 0 Å². The third kappa shape index (κ3) is 1.39. The first-order valence-corrected chi connectivity index (χ1v) is 3.91. The average Bonchev–Trinajstić information content (AvgIpc) is 1.82. The lowest BCUT2D eigenvalue weighted by Crippen LogP contribution is -2.22. The van der Waals surface area contributed by atoms with Gasteiger partial charge < -0.3 is 0 Å². The number of hydrogen-bond acceptors (Lipinski definition) is 2. The SMILES string of the molecule is CN1CSC(C)(C)C1. The Labute approximate surface area is 55.4 Å². The van der Waals surface area contributed by atoms with Gasteiger partial charge in [-0.15, -0.1) is 11.8 Å². The molecule has 1 heterocycles. The molecular formula is C6H13NS. The normalized spacial score (nSPS) is 28.9. The minimum absolute atomic E-state index is 0.509. The van der Waals surface area contributed by atoms with Gasteiger partial charge in [-0.25, -0.2) is 0 Å². The standard InChI is InChI=1S/C6H13NS/c1-6(2)4-7(3)5-8-6/h4-5H2,1-3H3. The van der Waals surface area contributed by atoms with Crippen LogP contribution in [0.3, 0.4) is 0 Å². The van der Waals surface area contributed by atoms with Crippen molar-refractivity contribution < 1.29 is 0 Å². The molecule has 0 bridgehead atoms. The molecule has 0 spiro atoms. The zero-order chi connectivity index (χ0) is 6.20. The second-order valence-electron chi connectivity index (χ2n) is 3.05. The Kier molecular flexibility index (Phi) is 1.54. The highest BCUT2D eigenvalue weighted by Crippen LogP contribution is 2.31. The molecule has 0 unspecified atom stereocenters. The van der Waals surface area contributed by atoms with Crippen molar-refractivity contribution in [1.82, 2.24) is 4.90 Å². The zero-order valence-corrected chi connectivity index (χ0v) is 6.59. The molecule has 1 aliphatic rings. The van der Waals surface area contributed by atoms with Crippen molar-refractivity contribution in [3.05, 3.63) is 0 Å². The van der Waals surface area contributed by atoms with Crippen molar-refractivity contribution in [3.8, 4) is 0 Å². The van der Waals surface area contributed by atoms with Gasteiger partial charge in [0.25, 0.3) is 0 Å². The molecule has 1 fully saturated rings. The van der Waals surface area contributed by atoms with Gasteiger partial charge in [0.2, 0.25) is 0 Å². The molecule has 0 aromatic carbocycles. The maximum absolute atomic E-state index is 2.35. The van der Waals surface area contributed by atoms with E-state index in [-0.39, 0.29) is 0 Å². The molecule has 1 rings (SSSR count). The smallest absolute Gasteiger partial charge is 0.0447 e. The number of rotatable bonds is 0. The Bertz CT molecular complexity index is 90.5. The molecule has 1 aliphatic heterocycles. The summed E-state index contributed by atoms with van der Waals surface area (Å²) in [6, 6.07) is 0. The highest BCUT2D eigenvalue weighted by atomic mass is 32.2. The van der Waals surface area contributed by atoms with E-state index in [0.717, 1.165) is 0 Å². The van der Waals surface area contributed by atoms with Gasteiger partial charge in [0.05, 0.1) is 0 Å². The molecular weight excluding hydrogens is 118 g/mol. The fourth-order valence-electron chi connectivity index (χ4n) is 1.03. The van der Waals surface area contributed by atoms with Gasteiger partial charge in [0.1, 0.15) is 0 Å². The lowest BCUT2D eigenvalue weighted by Gasteiger charge is -2.14. The van der Waals surface area contributed by atoms with Gasteiger partial charge in [-0.1, -0.05) is 0 Å². The van der Waals surface area contributed by atoms with E-state index in [9.17, 15) is 0 Å². The van der Waals surface area contributed by atoms with Crippen LogP contribution in [-0.2, 0) is 0 Å². The minimum atomic E-state index is 0.509. The van der Waals surface area contributed by atoms with E-state index in [1.165, 1.54) is 12.4 Å². The van der Waals surface area contributed by atoms with Crippen LogP contribution in [0.25, 0.3) is 0 Å². The zero-order valence-electron chi connectivity index (χ0n) is 5.77. The molecule has 0 atom stereocenters. The first-order valence-electron chi connectivity index (χ1n) is 2.93. The van der Waals surface area contributed by atoms with Crippen LogP contribution in [0.15, 0.2) is 0 Å². The van der Waals surface area contributed by atoms with Gasteiger partial charge in [-0.05, 0) is 20.9 Å². The molecule has 0 N–H and O–H groups in total. The molecule has 0 amide bonds. The van der Waals surface area contributed by atoms with Crippen LogP contribution in [0, 0.1) is 0 Å². The second kappa shape index (κ2) is 1.92. The van der Waals surface area contributed by atoms with E-state index in [0.29, 0.717) is 4.75 Å². The lowest BCUT2D eigenvalue weighted by molar-refractivity contribution is 0.388. The fraction of sp³-hybridized carbons (Fsp3) is 1.00. The van der Waals surface area contributed by atoms with E-state index in [1.54, 1.807) is 0 Å². The first-order chi connectivity index (χ1) is 3.60. The van der Waals surface area contributed by atoms with Crippen molar-refractivity contribution in [2.75, 3.05) is 19.5 Å². The van der Waals surface area contributed by atoms with E-state index in [2.05, 4.69) is 25.8 Å². The predicted octanol–water partition coefficient (Wildman–Crippen LogP) is 1.40. The number of hydrogen-bond donors (Lipinski definition) is 0. The third-order valence-electron chi connectivity index (χ3n) is 1.33. The maximum atomic E-state index is 2.35. The van der Waals surface area contributed by atoms with Gasteiger partial charge in [0.15, 0.2) is 0 Å². The monoisotopic (exact) mass is 131 g/mol. The van der Waals surface area contributed by atoms with Crippen LogP contribution in [-0.4, -0.2) is 29.1 Å². The highest BCUT2D eigenvalue weighted by molar-refractivity contribution is 8.00. The Morgan fingerprint density at radius 1 is 1.50 bits per heavy atom. The summed E-state index contributed by atoms with van der Waals surface area (Å²) in [5, 5.41) is 0. The summed E-state index contributed by atoms with van der Waals surface area (Å²) >= 11 is 2.03. The summed E-state index contributed by atoms with van der Waals surface area (Å²) < 4.78 is 0.509. The van der Waals surface area contributed by atoms with Crippen molar-refractivity contribution in [3.63, 3.8) is 0 Å². The topological polar surface area (TPSA) is 3.24 Å². The fourth-order valence-corrected chi connectivity index (χ4v) is 2.00. The van der Waals surface area contributed by atoms with Crippen molar-refractivity contribution in [1.29, 1.82) is 0 Å². The summed E-state index contributed by atoms with van der Waals surface area (Å²) in [6.07, 6.45) is 0. The van der Waals surface area contributed by atoms with Crippen LogP contribution < -0.4 is 0 Å². The Balaban J connectivity index is 2.44. The Morgan fingerprint density at radius 2 is 2.12 bits per heavy atom. The number of thioether (sulfide) groups is 1. The van der Waals surface area contributed by atoms with Gasteiger partial charge in [-0.2, -0.15) is 0 Å². The van der Waals surface area contributed by atoms with Crippen LogP contribution >= 0.6 is 11.8 Å². The summed E-state index contributed by atoms with van der Waals surface area (Å²) in [5.74, 6) is 1.20. The molecule has 8 heavy (non-hydrogen) atoms. The van der Waals surface area contributed by atoms with Gasteiger partial charge in [-0.3, -0.25) is 4.90 Å². The molecule has 48 valence electrons. The van der Waals surface area contributed by atoms with Crippen LogP contribution in [0.1, 0.15) is 13.8 Å². The second-order valence-corrected chi connectivity index (χ2v) is 4.70. The summed E-state index contributed by atoms with van der Waals surface area (Å²) in [4.78, 5) is 2.35. The molecule has 0 saturated carbocycles. The summed E-state index contributed by atoms with van der Waals surface area (Å²) in [7, 11) is 2.17. The number of nitrogens with zero attached hydrogens (tertiary/aromatic N) is 1. The average molecular weight is 131 g/mol. The minimum Gasteiger partial charge on any atom is -0.296 e. The molecule has 0 radical (unpaired) electrons. The molecule has 1 nitrogen and oxygen atoms in total. The maximum Gasteiger partial charge on any atom is 0.0447 e. The molecule has 0 aliphatic carbocycles. The lowest BCUT2D eigenvalue weighted by atomic mass is 10.2. The Hall–Kier alpha value is 0.310. The van der Waals surface area contributed by atoms with Crippen molar-refractivity contribution in [2.45, 2.75) is 18.6 Å². The summed E-state index contributed by atoms with van der Waals surface area (Å²) in [6.45, 7) is 5.82. The molecule has 1 saturated heterocycles. The first kappa shape index (κ1) is 6.43. The van der Waals surface area contributed by atoms with Gasteiger partial charge >= 0.3 is 0 Å². The van der Waals surface area contributed by atoms with Gasteiger partial charge in [0, 0.05) is 17.2 Å². The van der Waals surface area contributed by atoms with Crippen molar-refractivity contribution >= 4 is 11.8 Å². The van der Waals surface area contributed by atoms with Crippen LogP contribution in [0.4, 0.5) is 0 Å². The summed E-state index contributed by atoms with van der Waals surface area (Å²) in [5.41, 5.74) is 0. The van der Waals surface area contributed by atoms with Crippen molar-refractivity contribution in [2.24, 2.45) is 0 Å².